The number of rotatable bonds is 9. The summed E-state index contributed by atoms with van der Waals surface area (Å²) in [7, 11) is 0. The van der Waals surface area contributed by atoms with Gasteiger partial charge in [0, 0.05) is 48.1 Å². The number of halogens is 4. The lowest BCUT2D eigenvalue weighted by molar-refractivity contribution is -0.200. The van der Waals surface area contributed by atoms with Gasteiger partial charge in [0.1, 0.15) is 29.9 Å². The third-order valence-corrected chi connectivity index (χ3v) is 6.93. The zero-order chi connectivity index (χ0) is 30.3. The predicted molar refractivity (Wildman–Crippen MR) is 144 cm³/mol. The summed E-state index contributed by atoms with van der Waals surface area (Å²) in [6.07, 6.45) is 0.459. The van der Waals surface area contributed by atoms with E-state index in [1.165, 1.54) is 13.1 Å². The van der Waals surface area contributed by atoms with E-state index in [-0.39, 0.29) is 17.9 Å². The fourth-order valence-electron chi connectivity index (χ4n) is 3.78. The van der Waals surface area contributed by atoms with Crippen molar-refractivity contribution in [1.29, 1.82) is 0 Å². The smallest absolute Gasteiger partial charge is 0.303 e. The highest BCUT2D eigenvalue weighted by Crippen LogP contribution is 2.38. The maximum Gasteiger partial charge on any atom is 0.303 e. The molecule has 3 rings (SSSR count). The second-order valence-electron chi connectivity index (χ2n) is 8.49. The molecule has 1 aromatic carbocycles. The first-order valence-electron chi connectivity index (χ1n) is 11.8. The molecule has 0 amide bonds. The molecule has 1 aliphatic rings. The zero-order valence-electron chi connectivity index (χ0n) is 21.8. The van der Waals surface area contributed by atoms with Crippen LogP contribution in [0.3, 0.4) is 0 Å². The molecular weight excluding hydrogens is 637 g/mol. The molecule has 2 N–H and O–H groups in total. The third kappa shape index (κ3) is 8.74. The van der Waals surface area contributed by atoms with Crippen molar-refractivity contribution in [3.63, 3.8) is 0 Å². The lowest BCUT2D eigenvalue weighted by atomic mass is 9.97. The number of hydrogen-bond acceptors (Lipinski definition) is 12. The number of aliphatic imine (C=N–C) groups is 1. The number of pyridine rings is 1. The fourth-order valence-corrected chi connectivity index (χ4v) is 5.43. The number of benzene rings is 1. The quantitative estimate of drug-likeness (QED) is 0.106. The van der Waals surface area contributed by atoms with E-state index in [0.717, 1.165) is 31.8 Å². The number of carbonyl (C=O) groups excluding carboxylic acids is 3. The van der Waals surface area contributed by atoms with Gasteiger partial charge in [-0.25, -0.2) is 13.2 Å². The van der Waals surface area contributed by atoms with Gasteiger partial charge in [-0.2, -0.15) is 5.10 Å². The predicted octanol–water partition coefficient (Wildman–Crippen LogP) is 3.31. The van der Waals surface area contributed by atoms with E-state index in [1.807, 2.05) is 0 Å². The first kappa shape index (κ1) is 32.0. The molecule has 1 aromatic heterocycles. The van der Waals surface area contributed by atoms with Gasteiger partial charge in [0.05, 0.1) is 6.21 Å². The van der Waals surface area contributed by atoms with Gasteiger partial charge in [-0.15, -0.1) is 0 Å². The number of hydrazone groups is 1. The van der Waals surface area contributed by atoms with Crippen molar-refractivity contribution in [2.45, 2.75) is 55.5 Å². The summed E-state index contributed by atoms with van der Waals surface area (Å²) in [5.74, 6) is -1.37. The average Bonchev–Trinajstić information content (AvgIpc) is 2.88. The van der Waals surface area contributed by atoms with Gasteiger partial charge in [0.25, 0.3) is 0 Å². The lowest BCUT2D eigenvalue weighted by Crippen LogP contribution is -2.59. The Hall–Kier alpha value is -3.50. The molecule has 0 bridgehead atoms. The van der Waals surface area contributed by atoms with Crippen molar-refractivity contribution in [2.24, 2.45) is 15.9 Å². The number of carbonyl (C=O) groups is 3. The molecule has 41 heavy (non-hydrogen) atoms. The van der Waals surface area contributed by atoms with Gasteiger partial charge >= 0.3 is 17.9 Å². The molecule has 0 aliphatic carbocycles. The molecule has 1 fully saturated rings. The second-order valence-corrected chi connectivity index (χ2v) is 10.6. The van der Waals surface area contributed by atoms with Gasteiger partial charge in [0.2, 0.25) is 0 Å². The van der Waals surface area contributed by atoms with Crippen LogP contribution in [0.4, 0.5) is 13.2 Å². The summed E-state index contributed by atoms with van der Waals surface area (Å²) in [6.45, 7) is 3.07. The summed E-state index contributed by atoms with van der Waals surface area (Å²) in [6, 6.07) is 1.81. The number of aromatic nitrogens is 1. The van der Waals surface area contributed by atoms with Crippen LogP contribution in [-0.4, -0.2) is 71.2 Å². The standard InChI is InChI=1S/C25H24BrF3N4O7S/c1-11(34)37-10-20-23(38-12(2)35)22(32-9-19(33-30)14-4-17(27)21(29)18(28)5-14)24(39-13(3)36)25(40-20)41-16-6-15(26)7-31-8-16/h4-9,20,22-25H,10,30H2,1-3H3/t20?,22?,23-,24?,25+/m0/s1. The first-order valence-corrected chi connectivity index (χ1v) is 13.4. The molecular formula is C25H24BrF3N4O7S. The average molecular weight is 661 g/mol. The van der Waals surface area contributed by atoms with E-state index in [4.69, 9.17) is 24.8 Å². The van der Waals surface area contributed by atoms with E-state index in [9.17, 15) is 27.6 Å². The van der Waals surface area contributed by atoms with E-state index in [1.54, 1.807) is 12.3 Å². The SMILES string of the molecule is CC(=O)OCC1O[C@H](Sc2cncc(Br)c2)C(OC(C)=O)C(N=CC(=NN)c2cc(F)c(F)c(F)c2)[C@H]1OC(C)=O. The third-order valence-electron chi connectivity index (χ3n) is 5.39. The molecule has 0 saturated carbocycles. The van der Waals surface area contributed by atoms with Crippen LogP contribution in [0.2, 0.25) is 0 Å². The molecule has 1 saturated heterocycles. The molecule has 0 radical (unpaired) electrons. The molecule has 1 aliphatic heterocycles. The Morgan fingerprint density at radius 3 is 2.24 bits per heavy atom. The van der Waals surface area contributed by atoms with Crippen molar-refractivity contribution < 1.29 is 46.5 Å². The lowest BCUT2D eigenvalue weighted by Gasteiger charge is -2.43. The van der Waals surface area contributed by atoms with Crippen LogP contribution < -0.4 is 5.84 Å². The van der Waals surface area contributed by atoms with Crippen LogP contribution in [0.1, 0.15) is 26.3 Å². The maximum absolute atomic E-state index is 13.9. The van der Waals surface area contributed by atoms with E-state index >= 15 is 0 Å². The monoisotopic (exact) mass is 660 g/mol. The van der Waals surface area contributed by atoms with Crippen molar-refractivity contribution in [3.05, 3.63) is 58.1 Å². The summed E-state index contributed by atoms with van der Waals surface area (Å²) in [5.41, 5.74) is -1.55. The number of ether oxygens (including phenoxy) is 4. The van der Waals surface area contributed by atoms with Gasteiger partial charge in [-0.1, -0.05) is 11.8 Å². The van der Waals surface area contributed by atoms with Crippen molar-refractivity contribution in [2.75, 3.05) is 6.61 Å². The zero-order valence-corrected chi connectivity index (χ0v) is 24.2. The Balaban J connectivity index is 2.10. The van der Waals surface area contributed by atoms with Crippen LogP contribution in [0.5, 0.6) is 0 Å². The Kier molecular flexibility index (Phi) is 11.3. The summed E-state index contributed by atoms with van der Waals surface area (Å²) in [4.78, 5) is 44.9. The van der Waals surface area contributed by atoms with Crippen molar-refractivity contribution in [1.82, 2.24) is 4.98 Å². The van der Waals surface area contributed by atoms with Crippen LogP contribution in [0, 0.1) is 17.5 Å². The maximum atomic E-state index is 13.9. The minimum absolute atomic E-state index is 0.254. The molecule has 3 unspecified atom stereocenters. The van der Waals surface area contributed by atoms with Crippen LogP contribution in [-0.2, 0) is 33.3 Å². The Morgan fingerprint density at radius 2 is 1.68 bits per heavy atom. The Morgan fingerprint density at radius 1 is 1.05 bits per heavy atom. The topological polar surface area (TPSA) is 152 Å². The molecule has 220 valence electrons. The minimum Gasteiger partial charge on any atom is -0.463 e. The number of nitrogens with two attached hydrogens (primary N) is 1. The van der Waals surface area contributed by atoms with Crippen LogP contribution in [0.15, 0.2) is 50.1 Å². The van der Waals surface area contributed by atoms with Crippen LogP contribution in [0.25, 0.3) is 0 Å². The highest BCUT2D eigenvalue weighted by atomic mass is 79.9. The normalized spacial score (nSPS) is 22.8. The molecule has 5 atom stereocenters. The number of thioether (sulfide) groups is 1. The van der Waals surface area contributed by atoms with Gasteiger partial charge in [-0.05, 0) is 34.1 Å². The highest BCUT2D eigenvalue weighted by Gasteiger charge is 2.50. The van der Waals surface area contributed by atoms with E-state index < -0.39 is 65.1 Å². The first-order chi connectivity index (χ1) is 19.4. The summed E-state index contributed by atoms with van der Waals surface area (Å²) < 4.78 is 64.2. The summed E-state index contributed by atoms with van der Waals surface area (Å²) >= 11 is 4.42. The summed E-state index contributed by atoms with van der Waals surface area (Å²) in [5, 5.41) is 3.48. The van der Waals surface area contributed by atoms with Gasteiger partial charge < -0.3 is 24.8 Å². The molecule has 2 heterocycles. The van der Waals surface area contributed by atoms with Crippen molar-refractivity contribution in [3.8, 4) is 0 Å². The van der Waals surface area contributed by atoms with Gasteiger partial charge in [0.15, 0.2) is 29.7 Å². The molecule has 2 aromatic rings. The van der Waals surface area contributed by atoms with E-state index in [2.05, 4.69) is 31.0 Å². The molecule has 16 heteroatoms. The minimum atomic E-state index is -1.69. The number of esters is 3. The number of hydrogen-bond donors (Lipinski definition) is 1. The molecule has 0 spiro atoms. The Labute approximate surface area is 244 Å². The van der Waals surface area contributed by atoms with Crippen LogP contribution >= 0.6 is 27.7 Å². The Bertz CT molecular complexity index is 1340. The van der Waals surface area contributed by atoms with Gasteiger partial charge in [-0.3, -0.25) is 24.4 Å². The number of nitrogens with zero attached hydrogens (tertiary/aromatic N) is 3. The van der Waals surface area contributed by atoms with E-state index in [0.29, 0.717) is 21.5 Å². The highest BCUT2D eigenvalue weighted by molar-refractivity contribution is 9.10. The molecule has 11 nitrogen and oxygen atoms in total. The fraction of sp³-hybridized carbons (Fsp3) is 0.360. The second kappa shape index (κ2) is 14.4. The largest absolute Gasteiger partial charge is 0.463 e. The van der Waals surface area contributed by atoms with Crippen molar-refractivity contribution >= 4 is 57.5 Å².